The van der Waals surface area contributed by atoms with Crippen molar-refractivity contribution in [1.82, 2.24) is 0 Å². The number of carbonyl (C=O) groups is 2. The quantitative estimate of drug-likeness (QED) is 0.314. The van der Waals surface area contributed by atoms with Gasteiger partial charge in [-0.05, 0) is 55.9 Å². The van der Waals surface area contributed by atoms with E-state index in [2.05, 4.69) is 28.5 Å². The molecule has 2 aliphatic rings. The minimum absolute atomic E-state index is 0.706. The van der Waals surface area contributed by atoms with Crippen molar-refractivity contribution < 1.29 is 38.0 Å². The van der Waals surface area contributed by atoms with Gasteiger partial charge in [0, 0.05) is 5.56 Å². The maximum absolute atomic E-state index is 11.5. The van der Waals surface area contributed by atoms with E-state index in [1.54, 1.807) is 0 Å². The third-order valence-electron chi connectivity index (χ3n) is 6.34. The van der Waals surface area contributed by atoms with Crippen molar-refractivity contribution in [3.63, 3.8) is 0 Å². The summed E-state index contributed by atoms with van der Waals surface area (Å²) < 4.78 is 30.1. The molecule has 1 heterocycles. The Morgan fingerprint density at radius 2 is 1.53 bits per heavy atom. The van der Waals surface area contributed by atoms with Gasteiger partial charge in [0.2, 0.25) is 0 Å². The van der Waals surface area contributed by atoms with Crippen LogP contribution in [0.4, 0.5) is 9.59 Å². The molecule has 188 valence electrons. The van der Waals surface area contributed by atoms with Crippen molar-refractivity contribution >= 4 is 12.3 Å². The van der Waals surface area contributed by atoms with Crippen LogP contribution in [0.15, 0.2) is 36.4 Å². The molecule has 3 rings (SSSR count). The average Bonchev–Trinajstić information content (AvgIpc) is 3.25. The van der Waals surface area contributed by atoms with Crippen molar-refractivity contribution in [2.75, 3.05) is 14.2 Å². The highest BCUT2D eigenvalue weighted by atomic mass is 16.9. The van der Waals surface area contributed by atoms with Crippen molar-refractivity contribution in [2.24, 2.45) is 11.8 Å². The molecule has 0 aromatic heterocycles. The van der Waals surface area contributed by atoms with Crippen LogP contribution in [0.3, 0.4) is 0 Å². The molecular formula is C26H36O8. The summed E-state index contributed by atoms with van der Waals surface area (Å²) in [7, 11) is 2.33. The molecule has 0 radical (unpaired) electrons. The fraction of sp³-hybridized carbons (Fsp3) is 0.615. The number of allylic oxidation sites excluding steroid dienone is 2. The van der Waals surface area contributed by atoms with Crippen LogP contribution in [-0.4, -0.2) is 39.1 Å². The van der Waals surface area contributed by atoms with Crippen LogP contribution >= 0.6 is 0 Å². The minimum atomic E-state index is -1.28. The first kappa shape index (κ1) is 26.0. The van der Waals surface area contributed by atoms with Crippen LogP contribution in [0.25, 0.3) is 0 Å². The molecule has 0 amide bonds. The SMILES string of the molecule is CCCC1CCC(/C=C/CCc2ccc(C3O[C@H](OC(=O)OC)[C@@H](OC(=O)OC)O3)cc2)CC1. The standard InChI is InChI=1S/C26H36O8/c1-4-7-18-10-12-19(13-11-18)8-5-6-9-20-14-16-21(17-15-20)22-31-23(33-25(27)29-2)24(32-22)34-26(28)30-3/h5,8,14-19,22-24H,4,6-7,9-13H2,1-3H3/b8-5+/t18?,19?,23-,24-/m1/s1. The summed E-state index contributed by atoms with van der Waals surface area (Å²) >= 11 is 0. The van der Waals surface area contributed by atoms with E-state index in [1.807, 2.05) is 24.3 Å². The Morgan fingerprint density at radius 3 is 2.06 bits per heavy atom. The number of hydrogen-bond donors (Lipinski definition) is 0. The van der Waals surface area contributed by atoms with E-state index in [-0.39, 0.29) is 0 Å². The maximum atomic E-state index is 11.5. The van der Waals surface area contributed by atoms with E-state index in [0.29, 0.717) is 5.56 Å². The predicted molar refractivity (Wildman–Crippen MR) is 124 cm³/mol. The number of rotatable bonds is 9. The topological polar surface area (TPSA) is 89.5 Å². The van der Waals surface area contributed by atoms with E-state index in [9.17, 15) is 9.59 Å². The van der Waals surface area contributed by atoms with E-state index in [4.69, 9.17) is 18.9 Å². The molecule has 1 saturated heterocycles. The summed E-state index contributed by atoms with van der Waals surface area (Å²) in [5.41, 5.74) is 1.90. The van der Waals surface area contributed by atoms with Gasteiger partial charge in [0.15, 0.2) is 6.29 Å². The molecule has 1 aliphatic carbocycles. The van der Waals surface area contributed by atoms with Crippen molar-refractivity contribution in [3.05, 3.63) is 47.5 Å². The minimum Gasteiger partial charge on any atom is -0.438 e. The zero-order chi connectivity index (χ0) is 24.3. The highest BCUT2D eigenvalue weighted by Gasteiger charge is 2.43. The summed E-state index contributed by atoms with van der Waals surface area (Å²) in [4.78, 5) is 22.9. The van der Waals surface area contributed by atoms with Gasteiger partial charge in [-0.1, -0.05) is 56.2 Å². The molecular weight excluding hydrogens is 440 g/mol. The van der Waals surface area contributed by atoms with Crippen LogP contribution in [-0.2, 0) is 34.8 Å². The Bertz CT molecular complexity index is 772. The Balaban J connectivity index is 1.47. The first-order chi connectivity index (χ1) is 16.5. The van der Waals surface area contributed by atoms with Gasteiger partial charge in [0.05, 0.1) is 14.2 Å². The second-order valence-electron chi connectivity index (χ2n) is 8.76. The number of methoxy groups -OCH3 is 2. The van der Waals surface area contributed by atoms with Gasteiger partial charge in [-0.15, -0.1) is 0 Å². The average molecular weight is 477 g/mol. The van der Waals surface area contributed by atoms with Gasteiger partial charge in [-0.2, -0.15) is 0 Å². The molecule has 2 atom stereocenters. The highest BCUT2D eigenvalue weighted by molar-refractivity contribution is 5.61. The molecule has 0 unspecified atom stereocenters. The molecule has 8 nitrogen and oxygen atoms in total. The van der Waals surface area contributed by atoms with E-state index in [1.165, 1.54) is 44.1 Å². The molecule has 0 spiro atoms. The highest BCUT2D eigenvalue weighted by Crippen LogP contribution is 2.34. The van der Waals surface area contributed by atoms with Crippen LogP contribution in [0, 0.1) is 11.8 Å². The Labute approximate surface area is 201 Å². The Hall–Kier alpha value is -2.58. The van der Waals surface area contributed by atoms with Crippen molar-refractivity contribution in [1.29, 1.82) is 0 Å². The van der Waals surface area contributed by atoms with Crippen LogP contribution in [0.5, 0.6) is 0 Å². The van der Waals surface area contributed by atoms with Gasteiger partial charge in [-0.3, -0.25) is 0 Å². The lowest BCUT2D eigenvalue weighted by molar-refractivity contribution is -0.156. The fourth-order valence-corrected chi connectivity index (χ4v) is 4.47. The number of aryl methyl sites for hydroxylation is 1. The third-order valence-corrected chi connectivity index (χ3v) is 6.34. The summed E-state index contributed by atoms with van der Waals surface area (Å²) in [5, 5.41) is 0. The van der Waals surface area contributed by atoms with Gasteiger partial charge in [-0.25, -0.2) is 9.59 Å². The molecule has 2 fully saturated rings. The number of ether oxygens (including phenoxy) is 6. The molecule has 8 heteroatoms. The summed E-state index contributed by atoms with van der Waals surface area (Å²) in [5.74, 6) is 1.66. The largest absolute Gasteiger partial charge is 0.510 e. The smallest absolute Gasteiger partial charge is 0.438 e. The monoisotopic (exact) mass is 476 g/mol. The molecule has 0 N–H and O–H groups in total. The normalized spacial score (nSPS) is 25.3. The molecule has 0 bridgehead atoms. The summed E-state index contributed by atoms with van der Waals surface area (Å²) in [6, 6.07) is 7.79. The van der Waals surface area contributed by atoms with Gasteiger partial charge < -0.3 is 28.4 Å². The molecule has 1 aromatic rings. The Morgan fingerprint density at radius 1 is 0.941 bits per heavy atom. The van der Waals surface area contributed by atoms with Crippen LogP contribution < -0.4 is 0 Å². The van der Waals surface area contributed by atoms with Gasteiger partial charge >= 0.3 is 12.3 Å². The van der Waals surface area contributed by atoms with E-state index < -0.39 is 31.2 Å². The van der Waals surface area contributed by atoms with Crippen molar-refractivity contribution in [2.45, 2.75) is 77.2 Å². The second kappa shape index (κ2) is 13.3. The summed E-state index contributed by atoms with van der Waals surface area (Å²) in [6.45, 7) is 2.28. The molecule has 1 aliphatic heterocycles. The van der Waals surface area contributed by atoms with E-state index in [0.717, 1.165) is 38.9 Å². The zero-order valence-corrected chi connectivity index (χ0v) is 20.3. The number of hydrogen-bond acceptors (Lipinski definition) is 8. The van der Waals surface area contributed by atoms with Gasteiger partial charge in [0.25, 0.3) is 12.6 Å². The lowest BCUT2D eigenvalue weighted by atomic mass is 9.80. The van der Waals surface area contributed by atoms with Crippen LogP contribution in [0.2, 0.25) is 0 Å². The van der Waals surface area contributed by atoms with Crippen LogP contribution in [0.1, 0.15) is 69.3 Å². The first-order valence-electron chi connectivity index (χ1n) is 12.1. The first-order valence-corrected chi connectivity index (χ1v) is 12.1. The fourth-order valence-electron chi connectivity index (χ4n) is 4.47. The zero-order valence-electron chi connectivity index (χ0n) is 20.3. The molecule has 1 aromatic carbocycles. The number of carbonyl (C=O) groups excluding carboxylic acids is 2. The van der Waals surface area contributed by atoms with Gasteiger partial charge in [0.1, 0.15) is 0 Å². The van der Waals surface area contributed by atoms with E-state index >= 15 is 0 Å². The third kappa shape index (κ3) is 7.74. The number of benzene rings is 1. The second-order valence-corrected chi connectivity index (χ2v) is 8.76. The molecule has 34 heavy (non-hydrogen) atoms. The summed E-state index contributed by atoms with van der Waals surface area (Å²) in [6.07, 6.45) is 9.30. The lowest BCUT2D eigenvalue weighted by Crippen LogP contribution is -2.32. The molecule has 1 saturated carbocycles. The maximum Gasteiger partial charge on any atom is 0.510 e. The van der Waals surface area contributed by atoms with Crippen molar-refractivity contribution in [3.8, 4) is 0 Å². The lowest BCUT2D eigenvalue weighted by Gasteiger charge is -2.26. The predicted octanol–water partition coefficient (Wildman–Crippen LogP) is 6.05. The Kier molecular flexibility index (Phi) is 10.2.